The van der Waals surface area contributed by atoms with Crippen LogP contribution in [0.25, 0.3) is 11.3 Å². The molecule has 118 valence electrons. The maximum Gasteiger partial charge on any atom is 0.187 e. The van der Waals surface area contributed by atoms with Crippen molar-refractivity contribution in [2.75, 3.05) is 24.3 Å². The van der Waals surface area contributed by atoms with E-state index in [9.17, 15) is 0 Å². The summed E-state index contributed by atoms with van der Waals surface area (Å²) in [6.07, 6.45) is 0. The van der Waals surface area contributed by atoms with Crippen LogP contribution in [0.3, 0.4) is 0 Å². The van der Waals surface area contributed by atoms with Gasteiger partial charge in [0.1, 0.15) is 0 Å². The highest BCUT2D eigenvalue weighted by molar-refractivity contribution is 7.14. The van der Waals surface area contributed by atoms with Crippen LogP contribution in [0.2, 0.25) is 10.0 Å². The fourth-order valence-electron chi connectivity index (χ4n) is 2.09. The molecule has 0 bridgehead atoms. The molecule has 1 N–H and O–H groups in total. The Morgan fingerprint density at radius 1 is 1.00 bits per heavy atom. The Bertz CT molecular complexity index is 813. The molecule has 0 fully saturated rings. The van der Waals surface area contributed by atoms with E-state index in [4.69, 9.17) is 23.2 Å². The van der Waals surface area contributed by atoms with Crippen LogP contribution >= 0.6 is 34.5 Å². The van der Waals surface area contributed by atoms with E-state index in [-0.39, 0.29) is 0 Å². The molecule has 1 aromatic heterocycles. The van der Waals surface area contributed by atoms with Crippen molar-refractivity contribution in [3.8, 4) is 11.3 Å². The molecule has 0 aliphatic carbocycles. The number of halogens is 2. The summed E-state index contributed by atoms with van der Waals surface area (Å²) in [6, 6.07) is 13.7. The summed E-state index contributed by atoms with van der Waals surface area (Å²) in [5.74, 6) is 0. The molecule has 3 nitrogen and oxygen atoms in total. The second kappa shape index (κ2) is 6.79. The third-order valence-corrected chi connectivity index (χ3v) is 4.85. The lowest BCUT2D eigenvalue weighted by Gasteiger charge is -2.12. The minimum atomic E-state index is 0.533. The number of nitrogens with one attached hydrogen (secondary N) is 1. The Hall–Kier alpha value is -1.75. The zero-order valence-corrected chi connectivity index (χ0v) is 15.0. The van der Waals surface area contributed by atoms with Crippen molar-refractivity contribution in [1.29, 1.82) is 0 Å². The van der Waals surface area contributed by atoms with Gasteiger partial charge in [-0.25, -0.2) is 4.98 Å². The first kappa shape index (κ1) is 16.1. The normalized spacial score (nSPS) is 10.6. The van der Waals surface area contributed by atoms with Crippen LogP contribution in [-0.4, -0.2) is 19.1 Å². The molecule has 1 heterocycles. The summed E-state index contributed by atoms with van der Waals surface area (Å²) >= 11 is 13.6. The summed E-state index contributed by atoms with van der Waals surface area (Å²) in [5.41, 5.74) is 3.99. The van der Waals surface area contributed by atoms with Crippen LogP contribution in [-0.2, 0) is 0 Å². The molecule has 0 spiro atoms. The number of hydrogen-bond donors (Lipinski definition) is 1. The first-order chi connectivity index (χ1) is 11.0. The average Bonchev–Trinajstić information content (AvgIpc) is 2.99. The molecule has 3 aromatic rings. The second-order valence-corrected chi connectivity index (χ2v) is 6.91. The lowest BCUT2D eigenvalue weighted by molar-refractivity contribution is 1.13. The van der Waals surface area contributed by atoms with Gasteiger partial charge < -0.3 is 10.2 Å². The average molecular weight is 364 g/mol. The van der Waals surface area contributed by atoms with Gasteiger partial charge in [-0.15, -0.1) is 11.3 Å². The number of benzene rings is 2. The van der Waals surface area contributed by atoms with Crippen molar-refractivity contribution in [2.24, 2.45) is 0 Å². The fourth-order valence-corrected chi connectivity index (χ4v) is 3.12. The number of anilines is 3. The maximum absolute atomic E-state index is 6.06. The quantitative estimate of drug-likeness (QED) is 0.622. The van der Waals surface area contributed by atoms with E-state index in [1.54, 1.807) is 17.4 Å². The SMILES string of the molecule is CN(C)c1ccc(Nc2nc(-c3ccc(Cl)c(Cl)c3)cs2)cc1. The van der Waals surface area contributed by atoms with Crippen LogP contribution in [0.15, 0.2) is 47.8 Å². The molecule has 2 aromatic carbocycles. The molecule has 0 aliphatic rings. The largest absolute Gasteiger partial charge is 0.378 e. The lowest BCUT2D eigenvalue weighted by atomic mass is 10.2. The predicted octanol–water partition coefficient (Wildman–Crippen LogP) is 5.93. The molecule has 3 rings (SSSR count). The van der Waals surface area contributed by atoms with Crippen LogP contribution in [0.1, 0.15) is 0 Å². The summed E-state index contributed by atoms with van der Waals surface area (Å²) < 4.78 is 0. The molecule has 6 heteroatoms. The summed E-state index contributed by atoms with van der Waals surface area (Å²) in [6.45, 7) is 0. The van der Waals surface area contributed by atoms with Crippen LogP contribution in [0, 0.1) is 0 Å². The van der Waals surface area contributed by atoms with Gasteiger partial charge in [0, 0.05) is 36.4 Å². The fraction of sp³-hybridized carbons (Fsp3) is 0.118. The van der Waals surface area contributed by atoms with Gasteiger partial charge in [-0.3, -0.25) is 0 Å². The highest BCUT2D eigenvalue weighted by Gasteiger charge is 2.07. The van der Waals surface area contributed by atoms with Crippen molar-refractivity contribution in [3.05, 3.63) is 57.9 Å². The van der Waals surface area contributed by atoms with Gasteiger partial charge in [0.25, 0.3) is 0 Å². The number of hydrogen-bond acceptors (Lipinski definition) is 4. The second-order valence-electron chi connectivity index (χ2n) is 5.23. The van der Waals surface area contributed by atoms with Gasteiger partial charge in [0.05, 0.1) is 15.7 Å². The van der Waals surface area contributed by atoms with Crippen LogP contribution in [0.4, 0.5) is 16.5 Å². The summed E-state index contributed by atoms with van der Waals surface area (Å²) in [4.78, 5) is 6.66. The Balaban J connectivity index is 1.77. The molecule has 0 saturated heterocycles. The van der Waals surface area contributed by atoms with Crippen molar-refractivity contribution in [3.63, 3.8) is 0 Å². The first-order valence-corrected chi connectivity index (χ1v) is 8.62. The molecule has 0 unspecified atom stereocenters. The Kier molecular flexibility index (Phi) is 4.76. The Morgan fingerprint density at radius 2 is 1.74 bits per heavy atom. The highest BCUT2D eigenvalue weighted by atomic mass is 35.5. The smallest absolute Gasteiger partial charge is 0.187 e. The molecular formula is C17H15Cl2N3S. The van der Waals surface area contributed by atoms with Gasteiger partial charge in [-0.05, 0) is 36.4 Å². The predicted molar refractivity (Wildman–Crippen MR) is 102 cm³/mol. The topological polar surface area (TPSA) is 28.2 Å². The third kappa shape index (κ3) is 3.78. The Morgan fingerprint density at radius 3 is 2.39 bits per heavy atom. The molecule has 0 atom stereocenters. The van der Waals surface area contributed by atoms with Gasteiger partial charge in [0.2, 0.25) is 0 Å². The van der Waals surface area contributed by atoms with E-state index >= 15 is 0 Å². The van der Waals surface area contributed by atoms with E-state index in [1.807, 2.05) is 43.7 Å². The molecule has 23 heavy (non-hydrogen) atoms. The minimum Gasteiger partial charge on any atom is -0.378 e. The molecule has 0 radical (unpaired) electrons. The number of thiazole rings is 1. The maximum atomic E-state index is 6.06. The highest BCUT2D eigenvalue weighted by Crippen LogP contribution is 2.31. The lowest BCUT2D eigenvalue weighted by Crippen LogP contribution is -2.08. The number of rotatable bonds is 4. The summed E-state index contributed by atoms with van der Waals surface area (Å²) in [7, 11) is 4.04. The van der Waals surface area contributed by atoms with Crippen molar-refractivity contribution >= 4 is 51.0 Å². The van der Waals surface area contributed by atoms with E-state index in [1.165, 1.54) is 0 Å². The Labute approximate surface area is 149 Å². The van der Waals surface area contributed by atoms with E-state index in [0.29, 0.717) is 10.0 Å². The number of nitrogens with zero attached hydrogens (tertiary/aromatic N) is 2. The molecule has 0 saturated carbocycles. The van der Waals surface area contributed by atoms with E-state index in [0.717, 1.165) is 27.8 Å². The van der Waals surface area contributed by atoms with E-state index in [2.05, 4.69) is 27.3 Å². The molecular weight excluding hydrogens is 349 g/mol. The van der Waals surface area contributed by atoms with Gasteiger partial charge in [-0.2, -0.15) is 0 Å². The van der Waals surface area contributed by atoms with Crippen LogP contribution < -0.4 is 10.2 Å². The van der Waals surface area contributed by atoms with Crippen molar-refractivity contribution < 1.29 is 0 Å². The van der Waals surface area contributed by atoms with Crippen molar-refractivity contribution in [1.82, 2.24) is 4.98 Å². The number of aromatic nitrogens is 1. The van der Waals surface area contributed by atoms with Crippen molar-refractivity contribution in [2.45, 2.75) is 0 Å². The van der Waals surface area contributed by atoms with Gasteiger partial charge in [-0.1, -0.05) is 29.3 Å². The minimum absolute atomic E-state index is 0.533. The standard InChI is InChI=1S/C17H15Cl2N3S/c1-22(2)13-6-4-12(5-7-13)20-17-21-16(10-23-17)11-3-8-14(18)15(19)9-11/h3-10H,1-2H3,(H,20,21). The van der Waals surface area contributed by atoms with Gasteiger partial charge >= 0.3 is 0 Å². The summed E-state index contributed by atoms with van der Waals surface area (Å²) in [5, 5.41) is 7.23. The third-order valence-electron chi connectivity index (χ3n) is 3.35. The zero-order chi connectivity index (χ0) is 16.4. The monoisotopic (exact) mass is 363 g/mol. The molecule has 0 amide bonds. The van der Waals surface area contributed by atoms with Crippen LogP contribution in [0.5, 0.6) is 0 Å². The zero-order valence-electron chi connectivity index (χ0n) is 12.7. The van der Waals surface area contributed by atoms with Gasteiger partial charge in [0.15, 0.2) is 5.13 Å². The first-order valence-electron chi connectivity index (χ1n) is 6.98. The van der Waals surface area contributed by atoms with E-state index < -0.39 is 0 Å². The molecule has 0 aliphatic heterocycles.